The molecule has 0 aromatic heterocycles. The first-order chi connectivity index (χ1) is 8.91. The first-order valence-electron chi connectivity index (χ1n) is 6.69. The number of aromatic hydroxyl groups is 1. The van der Waals surface area contributed by atoms with Gasteiger partial charge in [0.15, 0.2) is 0 Å². The van der Waals surface area contributed by atoms with E-state index in [-0.39, 0.29) is 12.2 Å². The molecule has 0 saturated carbocycles. The number of nitrogens with two attached hydrogens (primary N) is 1. The van der Waals surface area contributed by atoms with Crippen molar-refractivity contribution in [3.63, 3.8) is 0 Å². The normalized spacial score (nSPS) is 10.5. The van der Waals surface area contributed by atoms with Crippen molar-refractivity contribution >= 4 is 5.97 Å². The van der Waals surface area contributed by atoms with Gasteiger partial charge in [-0.1, -0.05) is 39.8 Å². The van der Waals surface area contributed by atoms with E-state index in [0.717, 1.165) is 16.7 Å². The third kappa shape index (κ3) is 6.82. The molecule has 1 rings (SSSR count). The van der Waals surface area contributed by atoms with Crippen molar-refractivity contribution in [3.8, 4) is 5.75 Å². The van der Waals surface area contributed by atoms with Gasteiger partial charge in [-0.2, -0.15) is 0 Å². The van der Waals surface area contributed by atoms with E-state index in [1.807, 2.05) is 27.7 Å². The summed E-state index contributed by atoms with van der Waals surface area (Å²) in [4.78, 5) is 10.6. The van der Waals surface area contributed by atoms with Gasteiger partial charge < -0.3 is 15.9 Å². The summed E-state index contributed by atoms with van der Waals surface area (Å²) in [7, 11) is 0. The molecule has 0 amide bonds. The second kappa shape index (κ2) is 10.4. The summed E-state index contributed by atoms with van der Waals surface area (Å²) >= 11 is 0. The van der Waals surface area contributed by atoms with E-state index in [1.54, 1.807) is 26.0 Å². The lowest BCUT2D eigenvalue weighted by Gasteiger charge is -2.10. The van der Waals surface area contributed by atoms with Gasteiger partial charge in [0, 0.05) is 0 Å². The van der Waals surface area contributed by atoms with Gasteiger partial charge >= 0.3 is 5.97 Å². The molecule has 0 heterocycles. The summed E-state index contributed by atoms with van der Waals surface area (Å²) in [5.41, 5.74) is 7.73. The van der Waals surface area contributed by atoms with Crippen LogP contribution in [0.5, 0.6) is 5.75 Å². The zero-order valence-corrected chi connectivity index (χ0v) is 12.8. The molecule has 4 N–H and O–H groups in total. The van der Waals surface area contributed by atoms with E-state index in [4.69, 9.17) is 10.8 Å². The topological polar surface area (TPSA) is 83.6 Å². The van der Waals surface area contributed by atoms with Crippen LogP contribution in [0.3, 0.4) is 0 Å². The average molecular weight is 269 g/mol. The summed E-state index contributed by atoms with van der Waals surface area (Å²) in [5.74, 6) is -0.763. The molecule has 1 aromatic rings. The first-order valence-corrected chi connectivity index (χ1v) is 6.69. The molecule has 0 bridgehead atoms. The molecule has 19 heavy (non-hydrogen) atoms. The van der Waals surface area contributed by atoms with E-state index < -0.39 is 12.0 Å². The fraction of sp³-hybridized carbons (Fsp3) is 0.533. The minimum atomic E-state index is -1.02. The number of hydrogen-bond acceptors (Lipinski definition) is 3. The van der Waals surface area contributed by atoms with Crippen LogP contribution in [-0.2, 0) is 11.2 Å². The van der Waals surface area contributed by atoms with E-state index in [1.165, 1.54) is 0 Å². The monoisotopic (exact) mass is 269 g/mol. The summed E-state index contributed by atoms with van der Waals surface area (Å²) in [6.07, 6.45) is 0.275. The lowest BCUT2D eigenvalue weighted by molar-refractivity contribution is -0.138. The number of aliphatic carboxylic acids is 1. The molecule has 0 aliphatic heterocycles. The van der Waals surface area contributed by atoms with Gasteiger partial charge in [-0.05, 0) is 37.0 Å². The minimum Gasteiger partial charge on any atom is -0.507 e. The Hall–Kier alpha value is -1.55. The molecule has 0 aliphatic carbocycles. The number of phenolic OH excluding ortho intramolecular Hbond substituents is 1. The largest absolute Gasteiger partial charge is 0.507 e. The highest BCUT2D eigenvalue weighted by Crippen LogP contribution is 2.23. The Morgan fingerprint density at radius 2 is 1.53 bits per heavy atom. The Balaban J connectivity index is 0. The second-order valence-corrected chi connectivity index (χ2v) is 3.73. The summed E-state index contributed by atoms with van der Waals surface area (Å²) in [5, 5.41) is 18.2. The van der Waals surface area contributed by atoms with Gasteiger partial charge in [0.2, 0.25) is 0 Å². The van der Waals surface area contributed by atoms with Crippen LogP contribution >= 0.6 is 0 Å². The van der Waals surface area contributed by atoms with Crippen LogP contribution in [0.25, 0.3) is 0 Å². The van der Waals surface area contributed by atoms with Crippen molar-refractivity contribution in [2.45, 2.75) is 54.0 Å². The zero-order valence-electron chi connectivity index (χ0n) is 12.8. The van der Waals surface area contributed by atoms with Gasteiger partial charge in [0.05, 0.1) is 0 Å². The maximum Gasteiger partial charge on any atom is 0.320 e. The van der Waals surface area contributed by atoms with Crippen LogP contribution < -0.4 is 5.73 Å². The Bertz CT molecular complexity index is 366. The third-order valence-corrected chi connectivity index (χ3v) is 2.32. The standard InChI is InChI=1S/C11H15NO3.2C2H6/c1-6-3-8(4-7(2)10(6)13)5-9(12)11(14)15;2*1-2/h3-4,9,13H,5,12H2,1-2H3,(H,14,15);2*1-2H3. The average Bonchev–Trinajstić information content (AvgIpc) is 2.40. The maximum absolute atomic E-state index is 10.6. The SMILES string of the molecule is CC.CC.Cc1cc(CC(N)C(=O)O)cc(C)c1O. The molecular formula is C15H27NO3. The van der Waals surface area contributed by atoms with Crippen molar-refractivity contribution in [3.05, 3.63) is 28.8 Å². The molecule has 1 aromatic carbocycles. The zero-order chi connectivity index (χ0) is 15.6. The molecular weight excluding hydrogens is 242 g/mol. The summed E-state index contributed by atoms with van der Waals surface area (Å²) in [6, 6.07) is 2.62. The fourth-order valence-corrected chi connectivity index (χ4v) is 1.50. The van der Waals surface area contributed by atoms with E-state index in [0.29, 0.717) is 0 Å². The van der Waals surface area contributed by atoms with E-state index in [9.17, 15) is 9.90 Å². The predicted molar refractivity (Wildman–Crippen MR) is 79.6 cm³/mol. The molecule has 1 atom stereocenters. The van der Waals surface area contributed by atoms with Crippen LogP contribution in [0.4, 0.5) is 0 Å². The number of benzene rings is 1. The number of carboxylic acid groups (broad SMARTS) is 1. The molecule has 4 heteroatoms. The smallest absolute Gasteiger partial charge is 0.320 e. The van der Waals surface area contributed by atoms with Crippen molar-refractivity contribution in [2.75, 3.05) is 0 Å². The maximum atomic E-state index is 10.6. The molecule has 110 valence electrons. The third-order valence-electron chi connectivity index (χ3n) is 2.32. The molecule has 0 radical (unpaired) electrons. The molecule has 4 nitrogen and oxygen atoms in total. The first kappa shape index (κ1) is 19.8. The predicted octanol–water partition coefficient (Wildman–Crippen LogP) is 3.02. The fourth-order valence-electron chi connectivity index (χ4n) is 1.50. The second-order valence-electron chi connectivity index (χ2n) is 3.73. The van der Waals surface area contributed by atoms with Crippen LogP contribution in [0.1, 0.15) is 44.4 Å². The number of phenols is 1. The van der Waals surface area contributed by atoms with Gasteiger partial charge in [0.25, 0.3) is 0 Å². The Kier molecular flexibility index (Phi) is 10.8. The Labute approximate surface area is 116 Å². The lowest BCUT2D eigenvalue weighted by atomic mass is 10.0. The highest BCUT2D eigenvalue weighted by molar-refractivity contribution is 5.73. The molecule has 0 saturated heterocycles. The number of carboxylic acids is 1. The van der Waals surface area contributed by atoms with Crippen LogP contribution in [0.15, 0.2) is 12.1 Å². The van der Waals surface area contributed by atoms with Gasteiger partial charge in [-0.25, -0.2) is 0 Å². The van der Waals surface area contributed by atoms with E-state index >= 15 is 0 Å². The number of hydrogen-bond donors (Lipinski definition) is 3. The highest BCUT2D eigenvalue weighted by Gasteiger charge is 2.13. The van der Waals surface area contributed by atoms with Gasteiger partial charge in [-0.15, -0.1) is 0 Å². The van der Waals surface area contributed by atoms with Crippen molar-refractivity contribution in [1.29, 1.82) is 0 Å². The summed E-state index contributed by atoms with van der Waals surface area (Å²) in [6.45, 7) is 11.6. The lowest BCUT2D eigenvalue weighted by Crippen LogP contribution is -2.32. The Morgan fingerprint density at radius 3 is 1.84 bits per heavy atom. The molecule has 0 aliphatic rings. The number of aryl methyl sites for hydroxylation is 2. The molecule has 0 spiro atoms. The summed E-state index contributed by atoms with van der Waals surface area (Å²) < 4.78 is 0. The number of rotatable bonds is 3. The van der Waals surface area contributed by atoms with Crippen LogP contribution in [-0.4, -0.2) is 22.2 Å². The molecule has 1 unspecified atom stereocenters. The number of carbonyl (C=O) groups is 1. The quantitative estimate of drug-likeness (QED) is 0.787. The molecule has 0 fully saturated rings. The van der Waals surface area contributed by atoms with Gasteiger partial charge in [0.1, 0.15) is 11.8 Å². The van der Waals surface area contributed by atoms with Crippen molar-refractivity contribution < 1.29 is 15.0 Å². The van der Waals surface area contributed by atoms with E-state index in [2.05, 4.69) is 0 Å². The van der Waals surface area contributed by atoms with Gasteiger partial charge in [-0.3, -0.25) is 4.79 Å². The van der Waals surface area contributed by atoms with Crippen LogP contribution in [0.2, 0.25) is 0 Å². The Morgan fingerprint density at radius 1 is 1.16 bits per heavy atom. The minimum absolute atomic E-state index is 0.252. The van der Waals surface area contributed by atoms with Crippen LogP contribution in [0, 0.1) is 13.8 Å². The van der Waals surface area contributed by atoms with Crippen molar-refractivity contribution in [1.82, 2.24) is 0 Å². The van der Waals surface area contributed by atoms with Crippen molar-refractivity contribution in [2.24, 2.45) is 5.73 Å². The highest BCUT2D eigenvalue weighted by atomic mass is 16.4.